The summed E-state index contributed by atoms with van der Waals surface area (Å²) in [7, 11) is -1.65. The van der Waals surface area contributed by atoms with Crippen LogP contribution in [-0.4, -0.2) is 47.8 Å². The van der Waals surface area contributed by atoms with Gasteiger partial charge in [0, 0.05) is 39.5 Å². The first-order valence-electron chi connectivity index (χ1n) is 11.0. The molecule has 1 amide bonds. The molecule has 2 aromatic carbocycles. The average molecular weight is 457 g/mol. The molecule has 1 aromatic heterocycles. The van der Waals surface area contributed by atoms with Gasteiger partial charge in [-0.2, -0.15) is 4.31 Å². The van der Waals surface area contributed by atoms with E-state index >= 15 is 0 Å². The molecule has 1 atom stereocenters. The first-order valence-corrected chi connectivity index (χ1v) is 12.5. The maximum atomic E-state index is 12.8. The normalized spacial score (nSPS) is 12.9. The van der Waals surface area contributed by atoms with Gasteiger partial charge in [-0.15, -0.1) is 0 Å². The molecule has 1 heterocycles. The van der Waals surface area contributed by atoms with Gasteiger partial charge in [-0.3, -0.25) is 4.79 Å². The Hall–Kier alpha value is -2.71. The zero-order valence-corrected chi connectivity index (χ0v) is 20.0. The fourth-order valence-electron chi connectivity index (χ4n) is 3.81. The Labute approximate surface area is 190 Å². The van der Waals surface area contributed by atoms with Gasteiger partial charge in [0.15, 0.2) is 0 Å². The topological polar surface area (TPSA) is 84.3 Å². The summed E-state index contributed by atoms with van der Waals surface area (Å²) in [6.45, 7) is 7.15. The van der Waals surface area contributed by atoms with Gasteiger partial charge in [-0.25, -0.2) is 13.4 Å². The smallest absolute Gasteiger partial charge is 0.243 e. The van der Waals surface area contributed by atoms with E-state index in [9.17, 15) is 13.2 Å². The van der Waals surface area contributed by atoms with Crippen LogP contribution in [0.15, 0.2) is 53.4 Å². The molecule has 3 aromatic rings. The second-order valence-corrected chi connectivity index (χ2v) is 9.88. The molecule has 32 heavy (non-hydrogen) atoms. The number of carbonyl (C=O) groups excluding carboxylic acids is 1. The van der Waals surface area contributed by atoms with Crippen molar-refractivity contribution >= 4 is 27.0 Å². The van der Waals surface area contributed by atoms with Crippen molar-refractivity contribution in [3.63, 3.8) is 0 Å². The predicted molar refractivity (Wildman–Crippen MR) is 127 cm³/mol. The third kappa shape index (κ3) is 5.19. The van der Waals surface area contributed by atoms with Crippen LogP contribution in [0.5, 0.6) is 0 Å². The highest BCUT2D eigenvalue weighted by molar-refractivity contribution is 7.89. The van der Waals surface area contributed by atoms with Crippen LogP contribution in [0.1, 0.15) is 44.5 Å². The molecule has 0 saturated heterocycles. The number of rotatable bonds is 10. The van der Waals surface area contributed by atoms with Crippen molar-refractivity contribution < 1.29 is 13.2 Å². The van der Waals surface area contributed by atoms with Crippen molar-refractivity contribution in [3.8, 4) is 0 Å². The Kier molecular flexibility index (Phi) is 7.69. The van der Waals surface area contributed by atoms with E-state index in [1.54, 1.807) is 18.2 Å². The highest BCUT2D eigenvalue weighted by Crippen LogP contribution is 2.23. The molecule has 0 aliphatic rings. The second kappa shape index (κ2) is 10.3. The minimum Gasteiger partial charge on any atom is -0.355 e. The molecule has 1 N–H and O–H groups in total. The Morgan fingerprint density at radius 1 is 1.12 bits per heavy atom. The first-order chi connectivity index (χ1) is 15.3. The molecule has 1 unspecified atom stereocenters. The number of amides is 1. The third-order valence-electron chi connectivity index (χ3n) is 5.84. The lowest BCUT2D eigenvalue weighted by molar-refractivity contribution is -0.121. The van der Waals surface area contributed by atoms with Crippen LogP contribution in [0.4, 0.5) is 0 Å². The number of sulfonamides is 1. The van der Waals surface area contributed by atoms with Crippen molar-refractivity contribution in [2.45, 2.75) is 44.4 Å². The number of hydrogen-bond acceptors (Lipinski definition) is 4. The minimum absolute atomic E-state index is 0.0235. The summed E-state index contributed by atoms with van der Waals surface area (Å²) in [5.74, 6) is 0.968. The summed E-state index contributed by atoms with van der Waals surface area (Å²) < 4.78 is 29.0. The number of aryl methyl sites for hydroxylation is 2. The van der Waals surface area contributed by atoms with Gasteiger partial charge in [0.05, 0.1) is 15.9 Å². The van der Waals surface area contributed by atoms with Crippen LogP contribution in [-0.2, 0) is 28.3 Å². The summed E-state index contributed by atoms with van der Waals surface area (Å²) in [5, 5.41) is 3.00. The van der Waals surface area contributed by atoms with E-state index in [1.165, 1.54) is 9.87 Å². The molecule has 0 spiro atoms. The van der Waals surface area contributed by atoms with E-state index in [1.807, 2.05) is 43.7 Å². The van der Waals surface area contributed by atoms with E-state index < -0.39 is 10.0 Å². The molecule has 0 saturated carbocycles. The lowest BCUT2D eigenvalue weighted by atomic mass is 10.0. The summed E-state index contributed by atoms with van der Waals surface area (Å²) in [6.07, 6.45) is 0.804. The number of nitrogens with zero attached hydrogens (tertiary/aromatic N) is 3. The predicted octanol–water partition coefficient (Wildman–Crippen LogP) is 3.46. The van der Waals surface area contributed by atoms with E-state index in [0.29, 0.717) is 38.0 Å². The number of nitrogens with one attached hydrogen (secondary N) is 1. The molecule has 3 rings (SSSR count). The van der Waals surface area contributed by atoms with Crippen molar-refractivity contribution in [1.29, 1.82) is 0 Å². The quantitative estimate of drug-likeness (QED) is 0.506. The first kappa shape index (κ1) is 23.9. The number of carbonyl (C=O) groups is 1. The van der Waals surface area contributed by atoms with Crippen LogP contribution in [0.3, 0.4) is 0 Å². The van der Waals surface area contributed by atoms with Crippen LogP contribution in [0.2, 0.25) is 0 Å². The standard InChI is InChI=1S/C24H32N4O3S/c1-5-28(6-2)32(30,31)20-12-13-22-21(16-20)26-23(27(22)4)14-15-24(29)25-17-18(3)19-10-8-7-9-11-19/h7-13,16,18H,5-6,14-15,17H2,1-4H3,(H,25,29). The molecular weight excluding hydrogens is 424 g/mol. The Balaban J connectivity index is 1.66. The molecule has 8 heteroatoms. The van der Waals surface area contributed by atoms with Crippen LogP contribution in [0.25, 0.3) is 11.0 Å². The van der Waals surface area contributed by atoms with Gasteiger partial charge in [0.1, 0.15) is 5.82 Å². The largest absolute Gasteiger partial charge is 0.355 e. The van der Waals surface area contributed by atoms with E-state index in [4.69, 9.17) is 0 Å². The summed E-state index contributed by atoms with van der Waals surface area (Å²) in [4.78, 5) is 17.2. The van der Waals surface area contributed by atoms with E-state index in [2.05, 4.69) is 29.4 Å². The van der Waals surface area contributed by atoms with Gasteiger partial charge < -0.3 is 9.88 Å². The molecule has 7 nitrogen and oxygen atoms in total. The highest BCUT2D eigenvalue weighted by Gasteiger charge is 2.22. The summed E-state index contributed by atoms with van der Waals surface area (Å²) >= 11 is 0. The van der Waals surface area contributed by atoms with Gasteiger partial charge in [0.25, 0.3) is 0 Å². The Morgan fingerprint density at radius 3 is 2.47 bits per heavy atom. The van der Waals surface area contributed by atoms with Gasteiger partial charge in [-0.1, -0.05) is 51.1 Å². The average Bonchev–Trinajstić information content (AvgIpc) is 3.12. The van der Waals surface area contributed by atoms with Gasteiger partial charge in [-0.05, 0) is 29.7 Å². The fraction of sp³-hybridized carbons (Fsp3) is 0.417. The molecule has 0 bridgehead atoms. The maximum absolute atomic E-state index is 12.8. The van der Waals surface area contributed by atoms with Crippen molar-refractivity contribution in [2.24, 2.45) is 7.05 Å². The van der Waals surface area contributed by atoms with Crippen molar-refractivity contribution in [1.82, 2.24) is 19.2 Å². The lowest BCUT2D eigenvalue weighted by Gasteiger charge is -2.18. The number of fused-ring (bicyclic) bond motifs is 1. The maximum Gasteiger partial charge on any atom is 0.243 e. The molecular formula is C24H32N4O3S. The Bertz CT molecular complexity index is 1170. The highest BCUT2D eigenvalue weighted by atomic mass is 32.2. The van der Waals surface area contributed by atoms with Gasteiger partial charge in [0.2, 0.25) is 15.9 Å². The monoisotopic (exact) mass is 456 g/mol. The lowest BCUT2D eigenvalue weighted by Crippen LogP contribution is -2.30. The number of aromatic nitrogens is 2. The molecule has 0 aliphatic heterocycles. The number of imidazole rings is 1. The van der Waals surface area contributed by atoms with Crippen molar-refractivity contribution in [3.05, 3.63) is 59.9 Å². The summed E-state index contributed by atoms with van der Waals surface area (Å²) in [5.41, 5.74) is 2.66. The zero-order valence-electron chi connectivity index (χ0n) is 19.2. The second-order valence-electron chi connectivity index (χ2n) is 7.94. The van der Waals surface area contributed by atoms with Gasteiger partial charge >= 0.3 is 0 Å². The van der Waals surface area contributed by atoms with Crippen LogP contribution < -0.4 is 5.32 Å². The SMILES string of the molecule is CCN(CC)S(=O)(=O)c1ccc2c(c1)nc(CCC(=O)NCC(C)c1ccccc1)n2C. The molecule has 0 fully saturated rings. The number of hydrogen-bond donors (Lipinski definition) is 1. The van der Waals surface area contributed by atoms with Crippen LogP contribution >= 0.6 is 0 Å². The molecule has 0 radical (unpaired) electrons. The minimum atomic E-state index is -3.54. The van der Waals surface area contributed by atoms with E-state index in [0.717, 1.165) is 11.3 Å². The van der Waals surface area contributed by atoms with Crippen LogP contribution in [0, 0.1) is 0 Å². The Morgan fingerprint density at radius 2 is 1.81 bits per heavy atom. The third-order valence-corrected chi connectivity index (χ3v) is 7.88. The van der Waals surface area contributed by atoms with Crippen molar-refractivity contribution in [2.75, 3.05) is 19.6 Å². The number of benzene rings is 2. The zero-order chi connectivity index (χ0) is 23.3. The fourth-order valence-corrected chi connectivity index (χ4v) is 5.28. The molecule has 0 aliphatic carbocycles. The summed E-state index contributed by atoms with van der Waals surface area (Å²) in [6, 6.07) is 15.1. The molecule has 172 valence electrons. The van der Waals surface area contributed by atoms with E-state index in [-0.39, 0.29) is 16.7 Å².